The van der Waals surface area contributed by atoms with Gasteiger partial charge in [0, 0.05) is 25.4 Å². The van der Waals surface area contributed by atoms with Crippen molar-refractivity contribution in [2.75, 3.05) is 0 Å². The van der Waals surface area contributed by atoms with Crippen LogP contribution in [0.2, 0.25) is 0 Å². The minimum atomic E-state index is -0.368. The van der Waals surface area contributed by atoms with E-state index in [4.69, 9.17) is 0 Å². The van der Waals surface area contributed by atoms with Crippen molar-refractivity contribution in [3.05, 3.63) is 62.4 Å². The molecule has 1 aromatic carbocycles. The quantitative estimate of drug-likeness (QED) is 0.689. The van der Waals surface area contributed by atoms with Gasteiger partial charge in [-0.05, 0) is 25.0 Å². The molecular formula is C17H17N3O2. The molecule has 0 atom stereocenters. The second kappa shape index (κ2) is 4.94. The summed E-state index contributed by atoms with van der Waals surface area (Å²) in [6, 6.07) is 9.73. The molecule has 0 radical (unpaired) electrons. The van der Waals surface area contributed by atoms with Crippen molar-refractivity contribution < 1.29 is 0 Å². The Balaban J connectivity index is 2.65. The molecule has 5 nitrogen and oxygen atoms in total. The predicted octanol–water partition coefficient (Wildman–Crippen LogP) is 1.92. The van der Waals surface area contributed by atoms with Crippen molar-refractivity contribution in [2.24, 2.45) is 14.1 Å². The van der Waals surface area contributed by atoms with Crippen LogP contribution >= 0.6 is 0 Å². The summed E-state index contributed by atoms with van der Waals surface area (Å²) in [7, 11) is 3.13. The zero-order valence-electron chi connectivity index (χ0n) is 13.0. The SMILES string of the molecule is Cc1nc2c(c(-c3ccccc3)c1C)c(=O)n(C)c(=O)n2C. The van der Waals surface area contributed by atoms with Crippen LogP contribution in [0.1, 0.15) is 11.3 Å². The molecule has 112 valence electrons. The van der Waals surface area contributed by atoms with Crippen LogP contribution in [0.15, 0.2) is 39.9 Å². The number of aryl methyl sites for hydroxylation is 2. The van der Waals surface area contributed by atoms with Crippen LogP contribution in [0.4, 0.5) is 0 Å². The molecular weight excluding hydrogens is 278 g/mol. The van der Waals surface area contributed by atoms with Gasteiger partial charge in [0.1, 0.15) is 5.65 Å². The standard InChI is InChI=1S/C17H17N3O2/c1-10-11(2)18-15-14(13(10)12-8-6-5-7-9-12)16(21)20(4)17(22)19(15)3/h5-9H,1-4H3. The molecule has 0 aliphatic carbocycles. The normalized spacial score (nSPS) is 11.1. The molecule has 5 heteroatoms. The second-order valence-corrected chi connectivity index (χ2v) is 5.47. The maximum absolute atomic E-state index is 12.7. The number of nitrogens with zero attached hydrogens (tertiary/aromatic N) is 3. The number of fused-ring (bicyclic) bond motifs is 1. The fourth-order valence-corrected chi connectivity index (χ4v) is 2.76. The Bertz CT molecular complexity index is 999. The van der Waals surface area contributed by atoms with E-state index in [2.05, 4.69) is 4.98 Å². The molecule has 3 rings (SSSR count). The van der Waals surface area contributed by atoms with Crippen molar-refractivity contribution in [3.63, 3.8) is 0 Å². The zero-order valence-corrected chi connectivity index (χ0v) is 13.0. The van der Waals surface area contributed by atoms with E-state index in [-0.39, 0.29) is 11.2 Å². The van der Waals surface area contributed by atoms with Crippen LogP contribution in [-0.2, 0) is 14.1 Å². The molecule has 0 aliphatic heterocycles. The third-order valence-corrected chi connectivity index (χ3v) is 4.14. The molecule has 0 bridgehead atoms. The van der Waals surface area contributed by atoms with Gasteiger partial charge < -0.3 is 0 Å². The van der Waals surface area contributed by atoms with Crippen LogP contribution in [0.3, 0.4) is 0 Å². The van der Waals surface area contributed by atoms with Crippen molar-refractivity contribution >= 4 is 11.0 Å². The highest BCUT2D eigenvalue weighted by Crippen LogP contribution is 2.29. The van der Waals surface area contributed by atoms with Gasteiger partial charge >= 0.3 is 5.69 Å². The number of rotatable bonds is 1. The molecule has 0 amide bonds. The molecule has 0 fully saturated rings. The fourth-order valence-electron chi connectivity index (χ4n) is 2.76. The number of pyridine rings is 1. The smallest absolute Gasteiger partial charge is 0.280 e. The average molecular weight is 295 g/mol. The lowest BCUT2D eigenvalue weighted by Gasteiger charge is -2.15. The zero-order chi connectivity index (χ0) is 16.0. The highest BCUT2D eigenvalue weighted by molar-refractivity contribution is 5.94. The fraction of sp³-hybridized carbons (Fsp3) is 0.235. The molecule has 0 saturated carbocycles. The van der Waals surface area contributed by atoms with E-state index < -0.39 is 0 Å². The summed E-state index contributed by atoms with van der Waals surface area (Å²) in [5.41, 5.74) is 3.31. The first-order chi connectivity index (χ1) is 10.4. The van der Waals surface area contributed by atoms with Crippen molar-refractivity contribution in [2.45, 2.75) is 13.8 Å². The van der Waals surface area contributed by atoms with E-state index in [1.807, 2.05) is 44.2 Å². The third kappa shape index (κ3) is 1.89. The van der Waals surface area contributed by atoms with Gasteiger partial charge in [-0.15, -0.1) is 0 Å². The Morgan fingerprint density at radius 3 is 2.23 bits per heavy atom. The van der Waals surface area contributed by atoms with Gasteiger partial charge in [-0.2, -0.15) is 0 Å². The number of benzene rings is 1. The van der Waals surface area contributed by atoms with E-state index in [9.17, 15) is 9.59 Å². The van der Waals surface area contributed by atoms with E-state index in [0.29, 0.717) is 11.0 Å². The summed E-state index contributed by atoms with van der Waals surface area (Å²) in [5.74, 6) is 0. The van der Waals surface area contributed by atoms with Gasteiger partial charge in [-0.25, -0.2) is 9.78 Å². The molecule has 2 heterocycles. The van der Waals surface area contributed by atoms with Crippen LogP contribution in [0.25, 0.3) is 22.2 Å². The summed E-state index contributed by atoms with van der Waals surface area (Å²) >= 11 is 0. The number of aromatic nitrogens is 3. The molecule has 0 aliphatic rings. The highest BCUT2D eigenvalue weighted by atomic mass is 16.2. The summed E-state index contributed by atoms with van der Waals surface area (Å²) in [6.07, 6.45) is 0. The summed E-state index contributed by atoms with van der Waals surface area (Å²) in [4.78, 5) is 29.3. The maximum atomic E-state index is 12.7. The van der Waals surface area contributed by atoms with Crippen LogP contribution in [0.5, 0.6) is 0 Å². The molecule has 0 N–H and O–H groups in total. The Morgan fingerprint density at radius 1 is 0.955 bits per heavy atom. The lowest BCUT2D eigenvalue weighted by atomic mass is 9.97. The molecule has 0 spiro atoms. The molecule has 0 unspecified atom stereocenters. The van der Waals surface area contributed by atoms with Gasteiger partial charge in [-0.3, -0.25) is 13.9 Å². The van der Waals surface area contributed by atoms with E-state index in [1.165, 1.54) is 11.6 Å². The molecule has 2 aromatic heterocycles. The Morgan fingerprint density at radius 2 is 1.59 bits per heavy atom. The largest absolute Gasteiger partial charge is 0.332 e. The summed E-state index contributed by atoms with van der Waals surface area (Å²) in [6.45, 7) is 3.85. The lowest BCUT2D eigenvalue weighted by Crippen LogP contribution is -2.37. The second-order valence-electron chi connectivity index (χ2n) is 5.47. The van der Waals surface area contributed by atoms with Gasteiger partial charge in [-0.1, -0.05) is 30.3 Å². The van der Waals surface area contributed by atoms with Crippen LogP contribution in [0, 0.1) is 13.8 Å². The monoisotopic (exact) mass is 295 g/mol. The van der Waals surface area contributed by atoms with Gasteiger partial charge in [0.2, 0.25) is 0 Å². The van der Waals surface area contributed by atoms with E-state index in [0.717, 1.165) is 27.0 Å². The van der Waals surface area contributed by atoms with Crippen molar-refractivity contribution in [3.8, 4) is 11.1 Å². The maximum Gasteiger partial charge on any atom is 0.332 e. The third-order valence-electron chi connectivity index (χ3n) is 4.14. The summed E-state index contributed by atoms with van der Waals surface area (Å²) in [5, 5.41) is 0.485. The van der Waals surface area contributed by atoms with E-state index in [1.54, 1.807) is 7.05 Å². The van der Waals surface area contributed by atoms with Crippen LogP contribution < -0.4 is 11.2 Å². The molecule has 22 heavy (non-hydrogen) atoms. The number of hydrogen-bond donors (Lipinski definition) is 0. The molecule has 0 saturated heterocycles. The van der Waals surface area contributed by atoms with Crippen LogP contribution in [-0.4, -0.2) is 14.1 Å². The van der Waals surface area contributed by atoms with Gasteiger partial charge in [0.15, 0.2) is 0 Å². The van der Waals surface area contributed by atoms with Gasteiger partial charge in [0.05, 0.1) is 5.39 Å². The lowest BCUT2D eigenvalue weighted by molar-refractivity contribution is 0.706. The first-order valence-corrected chi connectivity index (χ1v) is 7.05. The van der Waals surface area contributed by atoms with Crippen molar-refractivity contribution in [1.29, 1.82) is 0 Å². The minimum absolute atomic E-state index is 0.312. The predicted molar refractivity (Wildman–Crippen MR) is 87.1 cm³/mol. The average Bonchev–Trinajstić information content (AvgIpc) is 2.53. The Kier molecular flexibility index (Phi) is 3.20. The number of hydrogen-bond acceptors (Lipinski definition) is 3. The molecule has 3 aromatic rings. The van der Waals surface area contributed by atoms with Gasteiger partial charge in [0.25, 0.3) is 5.56 Å². The van der Waals surface area contributed by atoms with E-state index >= 15 is 0 Å². The minimum Gasteiger partial charge on any atom is -0.280 e. The van der Waals surface area contributed by atoms with Crippen molar-refractivity contribution in [1.82, 2.24) is 14.1 Å². The Hall–Kier alpha value is -2.69. The topological polar surface area (TPSA) is 56.9 Å². The highest BCUT2D eigenvalue weighted by Gasteiger charge is 2.18. The first-order valence-electron chi connectivity index (χ1n) is 7.05. The Labute approximate surface area is 127 Å². The summed E-state index contributed by atoms with van der Waals surface area (Å²) < 4.78 is 2.56. The first kappa shape index (κ1) is 14.3.